The van der Waals surface area contributed by atoms with Gasteiger partial charge in [0, 0.05) is 16.2 Å². The Morgan fingerprint density at radius 2 is 2.05 bits per heavy atom. The van der Waals surface area contributed by atoms with Crippen molar-refractivity contribution >= 4 is 21.9 Å². The number of benzene rings is 1. The SMILES string of the molecule is Cc1ccc(-n2cc(C(C)C)c(=O)c(C(=O)O)n2)cc1Br. The van der Waals surface area contributed by atoms with Crippen molar-refractivity contribution in [1.29, 1.82) is 0 Å². The molecule has 2 rings (SSSR count). The molecule has 0 bridgehead atoms. The van der Waals surface area contributed by atoms with E-state index in [-0.39, 0.29) is 5.92 Å². The molecular weight excluding hydrogens is 336 g/mol. The molecule has 0 aliphatic carbocycles. The van der Waals surface area contributed by atoms with Gasteiger partial charge in [0.05, 0.1) is 5.69 Å². The molecule has 0 saturated heterocycles. The van der Waals surface area contributed by atoms with Crippen LogP contribution >= 0.6 is 15.9 Å². The molecule has 0 fully saturated rings. The molecule has 0 aliphatic heterocycles. The lowest BCUT2D eigenvalue weighted by Crippen LogP contribution is -2.25. The largest absolute Gasteiger partial charge is 0.476 e. The van der Waals surface area contributed by atoms with Crippen LogP contribution in [0.1, 0.15) is 41.4 Å². The van der Waals surface area contributed by atoms with Crippen LogP contribution in [0.5, 0.6) is 0 Å². The van der Waals surface area contributed by atoms with Gasteiger partial charge in [-0.2, -0.15) is 5.10 Å². The van der Waals surface area contributed by atoms with Crippen molar-refractivity contribution in [3.05, 3.63) is 55.9 Å². The molecule has 0 aliphatic rings. The van der Waals surface area contributed by atoms with E-state index in [0.717, 1.165) is 10.0 Å². The number of aromatic carboxylic acids is 1. The number of halogens is 1. The van der Waals surface area contributed by atoms with E-state index < -0.39 is 17.1 Å². The zero-order valence-electron chi connectivity index (χ0n) is 11.9. The third-order valence-corrected chi connectivity index (χ3v) is 4.05. The molecule has 0 atom stereocenters. The molecule has 2 aromatic rings. The zero-order valence-corrected chi connectivity index (χ0v) is 13.5. The van der Waals surface area contributed by atoms with Gasteiger partial charge in [0.1, 0.15) is 0 Å². The van der Waals surface area contributed by atoms with Crippen LogP contribution in [0.2, 0.25) is 0 Å². The highest BCUT2D eigenvalue weighted by Crippen LogP contribution is 2.20. The standard InChI is InChI=1S/C15H15BrN2O3/c1-8(2)11-7-18(17-13(14(11)19)15(20)21)10-5-4-9(3)12(16)6-10/h4-8H,1-3H3,(H,20,21). The minimum Gasteiger partial charge on any atom is -0.476 e. The topological polar surface area (TPSA) is 72.2 Å². The van der Waals surface area contributed by atoms with Crippen LogP contribution in [0.4, 0.5) is 0 Å². The highest BCUT2D eigenvalue weighted by molar-refractivity contribution is 9.10. The van der Waals surface area contributed by atoms with E-state index >= 15 is 0 Å². The van der Waals surface area contributed by atoms with Crippen molar-refractivity contribution in [3.63, 3.8) is 0 Å². The van der Waals surface area contributed by atoms with Gasteiger partial charge in [-0.25, -0.2) is 9.48 Å². The maximum absolute atomic E-state index is 12.1. The number of nitrogens with zero attached hydrogens (tertiary/aromatic N) is 2. The quantitative estimate of drug-likeness (QED) is 0.922. The van der Waals surface area contributed by atoms with Crippen molar-refractivity contribution in [2.45, 2.75) is 26.7 Å². The first kappa shape index (κ1) is 15.4. The summed E-state index contributed by atoms with van der Waals surface area (Å²) in [4.78, 5) is 23.3. The summed E-state index contributed by atoms with van der Waals surface area (Å²) < 4.78 is 2.33. The van der Waals surface area contributed by atoms with Gasteiger partial charge in [0.2, 0.25) is 11.1 Å². The number of carbonyl (C=O) groups is 1. The fraction of sp³-hybridized carbons (Fsp3) is 0.267. The van der Waals surface area contributed by atoms with Crippen LogP contribution in [-0.2, 0) is 0 Å². The van der Waals surface area contributed by atoms with Crippen LogP contribution < -0.4 is 5.43 Å². The minimum absolute atomic E-state index is 0.0845. The molecule has 6 heteroatoms. The molecule has 5 nitrogen and oxygen atoms in total. The Morgan fingerprint density at radius 1 is 1.38 bits per heavy atom. The fourth-order valence-electron chi connectivity index (χ4n) is 1.92. The maximum atomic E-state index is 12.1. The first-order chi connectivity index (χ1) is 9.81. The number of rotatable bonds is 3. The molecule has 1 N–H and O–H groups in total. The Hall–Kier alpha value is -1.95. The van der Waals surface area contributed by atoms with Crippen LogP contribution in [0.15, 0.2) is 33.7 Å². The first-order valence-electron chi connectivity index (χ1n) is 6.45. The average Bonchev–Trinajstić information content (AvgIpc) is 2.41. The Balaban J connectivity index is 2.71. The Morgan fingerprint density at radius 3 is 2.57 bits per heavy atom. The summed E-state index contributed by atoms with van der Waals surface area (Å²) in [5.74, 6) is -1.40. The van der Waals surface area contributed by atoms with Crippen LogP contribution in [0, 0.1) is 6.92 Å². The van der Waals surface area contributed by atoms with E-state index in [9.17, 15) is 9.59 Å². The van der Waals surface area contributed by atoms with E-state index in [1.807, 2.05) is 39.0 Å². The number of hydrogen-bond acceptors (Lipinski definition) is 3. The Kier molecular flexibility index (Phi) is 4.27. The molecule has 1 aromatic heterocycles. The summed E-state index contributed by atoms with van der Waals surface area (Å²) in [6.07, 6.45) is 1.59. The minimum atomic E-state index is -1.32. The number of aryl methyl sites for hydroxylation is 1. The fourth-order valence-corrected chi connectivity index (χ4v) is 2.28. The average molecular weight is 351 g/mol. The maximum Gasteiger partial charge on any atom is 0.360 e. The van der Waals surface area contributed by atoms with Gasteiger partial charge in [0.15, 0.2) is 0 Å². The molecule has 1 heterocycles. The van der Waals surface area contributed by atoms with E-state index in [1.165, 1.54) is 4.68 Å². The van der Waals surface area contributed by atoms with Crippen LogP contribution in [0.25, 0.3) is 5.69 Å². The second kappa shape index (κ2) is 5.81. The molecule has 110 valence electrons. The molecule has 0 amide bonds. The molecule has 0 radical (unpaired) electrons. The predicted octanol–water partition coefficient (Wildman–Crippen LogP) is 3.13. The Bertz CT molecular complexity index is 766. The highest BCUT2D eigenvalue weighted by atomic mass is 79.9. The summed E-state index contributed by atoms with van der Waals surface area (Å²) in [5.41, 5.74) is 1.19. The third kappa shape index (κ3) is 3.05. The summed E-state index contributed by atoms with van der Waals surface area (Å²) in [6.45, 7) is 5.64. The number of aromatic nitrogens is 2. The highest BCUT2D eigenvalue weighted by Gasteiger charge is 2.18. The normalized spacial score (nSPS) is 10.9. The first-order valence-corrected chi connectivity index (χ1v) is 7.24. The van der Waals surface area contributed by atoms with E-state index in [4.69, 9.17) is 5.11 Å². The predicted molar refractivity (Wildman–Crippen MR) is 83.3 cm³/mol. The van der Waals surface area contributed by atoms with Gasteiger partial charge in [-0.3, -0.25) is 4.79 Å². The van der Waals surface area contributed by atoms with E-state index in [0.29, 0.717) is 11.3 Å². The second-order valence-electron chi connectivity index (χ2n) is 5.10. The van der Waals surface area contributed by atoms with Gasteiger partial charge >= 0.3 is 5.97 Å². The number of hydrogen-bond donors (Lipinski definition) is 1. The number of carboxylic acid groups (broad SMARTS) is 1. The second-order valence-corrected chi connectivity index (χ2v) is 5.95. The molecule has 0 unspecified atom stereocenters. The zero-order chi connectivity index (χ0) is 15.7. The van der Waals surface area contributed by atoms with Gasteiger partial charge in [-0.05, 0) is 30.5 Å². The monoisotopic (exact) mass is 350 g/mol. The lowest BCUT2D eigenvalue weighted by molar-refractivity contribution is 0.0686. The molecule has 0 spiro atoms. The van der Waals surface area contributed by atoms with Crippen molar-refractivity contribution < 1.29 is 9.90 Å². The molecule has 1 aromatic carbocycles. The van der Waals surface area contributed by atoms with Gasteiger partial charge in [0.25, 0.3) is 0 Å². The number of carboxylic acids is 1. The van der Waals surface area contributed by atoms with E-state index in [1.54, 1.807) is 6.20 Å². The Labute approximate surface area is 130 Å². The summed E-state index contributed by atoms with van der Waals surface area (Å²) in [7, 11) is 0. The summed E-state index contributed by atoms with van der Waals surface area (Å²) >= 11 is 3.43. The van der Waals surface area contributed by atoms with Gasteiger partial charge < -0.3 is 5.11 Å². The lowest BCUT2D eigenvalue weighted by Gasteiger charge is -2.12. The van der Waals surface area contributed by atoms with Crippen LogP contribution in [-0.4, -0.2) is 20.9 Å². The van der Waals surface area contributed by atoms with Crippen molar-refractivity contribution in [1.82, 2.24) is 9.78 Å². The van der Waals surface area contributed by atoms with Crippen molar-refractivity contribution in [2.24, 2.45) is 0 Å². The third-order valence-electron chi connectivity index (χ3n) is 3.19. The summed E-state index contributed by atoms with van der Waals surface area (Å²) in [6, 6.07) is 5.56. The van der Waals surface area contributed by atoms with Gasteiger partial charge in [-0.1, -0.05) is 35.8 Å². The smallest absolute Gasteiger partial charge is 0.360 e. The van der Waals surface area contributed by atoms with Crippen molar-refractivity contribution in [3.8, 4) is 5.69 Å². The van der Waals surface area contributed by atoms with Crippen molar-refractivity contribution in [2.75, 3.05) is 0 Å². The van der Waals surface area contributed by atoms with E-state index in [2.05, 4.69) is 21.0 Å². The van der Waals surface area contributed by atoms with Gasteiger partial charge in [-0.15, -0.1) is 0 Å². The van der Waals surface area contributed by atoms with Crippen LogP contribution in [0.3, 0.4) is 0 Å². The molecular formula is C15H15BrN2O3. The summed E-state index contributed by atoms with van der Waals surface area (Å²) in [5, 5.41) is 13.1. The molecule has 0 saturated carbocycles. The lowest BCUT2D eigenvalue weighted by atomic mass is 10.0. The molecule has 21 heavy (non-hydrogen) atoms.